The highest BCUT2D eigenvalue weighted by Crippen LogP contribution is 2.18. The van der Waals surface area contributed by atoms with Crippen molar-refractivity contribution in [1.29, 1.82) is 5.26 Å². The zero-order valence-electron chi connectivity index (χ0n) is 12.3. The maximum absolute atomic E-state index is 10.1. The lowest BCUT2D eigenvalue weighted by molar-refractivity contribution is 0.101. The second-order valence-corrected chi connectivity index (χ2v) is 4.83. The molecule has 0 aliphatic heterocycles. The quantitative estimate of drug-likeness (QED) is 0.727. The van der Waals surface area contributed by atoms with Gasteiger partial charge in [-0.15, -0.1) is 0 Å². The van der Waals surface area contributed by atoms with Gasteiger partial charge in [0.1, 0.15) is 11.8 Å². The molecule has 1 rings (SSSR count). The van der Waals surface area contributed by atoms with E-state index < -0.39 is 0 Å². The molecule has 20 heavy (non-hydrogen) atoms. The summed E-state index contributed by atoms with van der Waals surface area (Å²) in [4.78, 5) is 0. The molecule has 0 bridgehead atoms. The van der Waals surface area contributed by atoms with Crippen LogP contribution in [0, 0.1) is 17.2 Å². The van der Waals surface area contributed by atoms with E-state index in [1.165, 1.54) is 0 Å². The van der Waals surface area contributed by atoms with Gasteiger partial charge >= 0.3 is 0 Å². The molecule has 0 heterocycles. The first-order valence-corrected chi connectivity index (χ1v) is 7.19. The van der Waals surface area contributed by atoms with Gasteiger partial charge in [-0.3, -0.25) is 0 Å². The molecule has 4 heteroatoms. The smallest absolute Gasteiger partial charge is 0.174 e. The number of rotatable bonds is 9. The van der Waals surface area contributed by atoms with Crippen LogP contribution in [-0.4, -0.2) is 24.4 Å². The first-order chi connectivity index (χ1) is 9.72. The van der Waals surface area contributed by atoms with Crippen LogP contribution in [0.2, 0.25) is 0 Å². The largest absolute Gasteiger partial charge is 0.478 e. The molecule has 0 aliphatic carbocycles. The molecule has 1 aromatic carbocycles. The number of nitrogens with zero attached hydrogens (tertiary/aromatic N) is 1. The Morgan fingerprint density at radius 2 is 2.00 bits per heavy atom. The predicted octanol–water partition coefficient (Wildman–Crippen LogP) is 2.48. The molecule has 0 saturated carbocycles. The van der Waals surface area contributed by atoms with Crippen LogP contribution in [0.4, 0.5) is 0 Å². The van der Waals surface area contributed by atoms with Crippen LogP contribution in [0.25, 0.3) is 0 Å². The predicted molar refractivity (Wildman–Crippen MR) is 79.3 cm³/mol. The van der Waals surface area contributed by atoms with Gasteiger partial charge in [-0.2, -0.15) is 5.26 Å². The molecule has 0 aliphatic rings. The van der Waals surface area contributed by atoms with Crippen LogP contribution in [0.1, 0.15) is 32.3 Å². The molecule has 1 unspecified atom stereocenters. The summed E-state index contributed by atoms with van der Waals surface area (Å²) in [5, 5.41) is 21.9. The Kier molecular flexibility index (Phi) is 7.71. The van der Waals surface area contributed by atoms with Crippen molar-refractivity contribution in [2.45, 2.75) is 39.3 Å². The van der Waals surface area contributed by atoms with Crippen molar-refractivity contribution in [3.8, 4) is 11.8 Å². The first-order valence-electron chi connectivity index (χ1n) is 7.19. The molecule has 0 fully saturated rings. The van der Waals surface area contributed by atoms with Gasteiger partial charge in [0.2, 0.25) is 0 Å². The molecule has 1 aromatic rings. The third kappa shape index (κ3) is 5.20. The molecule has 0 spiro atoms. The number of nitrogens with one attached hydrogen (secondary N) is 1. The van der Waals surface area contributed by atoms with Crippen molar-refractivity contribution >= 4 is 0 Å². The topological polar surface area (TPSA) is 65.3 Å². The highest BCUT2D eigenvalue weighted by Gasteiger charge is 2.14. The fourth-order valence-electron chi connectivity index (χ4n) is 2.25. The minimum absolute atomic E-state index is 0.0490. The van der Waals surface area contributed by atoms with Crippen molar-refractivity contribution < 1.29 is 9.84 Å². The van der Waals surface area contributed by atoms with Crippen LogP contribution >= 0.6 is 0 Å². The van der Waals surface area contributed by atoms with E-state index in [9.17, 15) is 5.11 Å². The third-order valence-corrected chi connectivity index (χ3v) is 3.53. The summed E-state index contributed by atoms with van der Waals surface area (Å²) >= 11 is 0. The van der Waals surface area contributed by atoms with Gasteiger partial charge in [-0.25, -0.2) is 0 Å². The van der Waals surface area contributed by atoms with E-state index in [1.54, 1.807) is 0 Å². The normalized spacial score (nSPS) is 12.2. The van der Waals surface area contributed by atoms with E-state index in [0.717, 1.165) is 24.2 Å². The summed E-state index contributed by atoms with van der Waals surface area (Å²) in [7, 11) is 0. The summed E-state index contributed by atoms with van der Waals surface area (Å²) in [6.07, 6.45) is 1.65. The number of aliphatic hydroxyl groups is 1. The molecular formula is C16H24N2O2. The molecule has 4 nitrogen and oxygen atoms in total. The number of ether oxygens (including phenoxy) is 1. The summed E-state index contributed by atoms with van der Waals surface area (Å²) in [5.74, 6) is 1.06. The fraction of sp³-hybridized carbons (Fsp3) is 0.562. The molecule has 1 atom stereocenters. The number of hydrogen-bond donors (Lipinski definition) is 2. The number of nitriles is 1. The monoisotopic (exact) mass is 276 g/mol. The molecule has 0 aromatic heterocycles. The zero-order chi connectivity index (χ0) is 14.8. The molecular weight excluding hydrogens is 252 g/mol. The van der Waals surface area contributed by atoms with Crippen LogP contribution in [-0.2, 0) is 6.54 Å². The van der Waals surface area contributed by atoms with Crippen LogP contribution in [0.3, 0.4) is 0 Å². The van der Waals surface area contributed by atoms with Crippen LogP contribution < -0.4 is 10.1 Å². The highest BCUT2D eigenvalue weighted by molar-refractivity contribution is 5.33. The minimum atomic E-state index is -0.322. The molecule has 2 N–H and O–H groups in total. The van der Waals surface area contributed by atoms with Crippen molar-refractivity contribution in [2.24, 2.45) is 5.92 Å². The highest BCUT2D eigenvalue weighted by atomic mass is 16.5. The van der Waals surface area contributed by atoms with E-state index in [-0.39, 0.29) is 12.7 Å². The number of benzene rings is 1. The summed E-state index contributed by atoms with van der Waals surface area (Å²) in [6.45, 7) is 5.44. The van der Waals surface area contributed by atoms with Gasteiger partial charge in [-0.05, 0) is 12.0 Å². The molecule has 0 saturated heterocycles. The average molecular weight is 276 g/mol. The number of aliphatic hydroxyl groups excluding tert-OH is 1. The minimum Gasteiger partial charge on any atom is -0.478 e. The standard InChI is InChI=1S/C16H24N2O2/c1-3-13(4-2)15(19)12-18-11-14-7-5-6-8-16(14)20-10-9-17/h5-8,13,15,18-19H,3-4,10-12H2,1-2H3. The molecule has 0 radical (unpaired) electrons. The van der Waals surface area contributed by atoms with Crippen molar-refractivity contribution in [3.63, 3.8) is 0 Å². The lowest BCUT2D eigenvalue weighted by Gasteiger charge is -2.20. The molecule has 110 valence electrons. The van der Waals surface area contributed by atoms with Gasteiger partial charge in [0, 0.05) is 18.7 Å². The maximum atomic E-state index is 10.1. The van der Waals surface area contributed by atoms with Gasteiger partial charge in [-0.1, -0.05) is 44.9 Å². The Bertz CT molecular complexity index is 425. The third-order valence-electron chi connectivity index (χ3n) is 3.53. The fourth-order valence-corrected chi connectivity index (χ4v) is 2.25. The van der Waals surface area contributed by atoms with Crippen LogP contribution in [0.15, 0.2) is 24.3 Å². The number of para-hydroxylation sites is 1. The van der Waals surface area contributed by atoms with E-state index in [4.69, 9.17) is 10.00 Å². The van der Waals surface area contributed by atoms with E-state index in [0.29, 0.717) is 19.0 Å². The van der Waals surface area contributed by atoms with Crippen molar-refractivity contribution in [1.82, 2.24) is 5.32 Å². The van der Waals surface area contributed by atoms with E-state index in [2.05, 4.69) is 19.2 Å². The van der Waals surface area contributed by atoms with Gasteiger partial charge in [0.15, 0.2) is 6.61 Å². The summed E-state index contributed by atoms with van der Waals surface area (Å²) in [5.41, 5.74) is 1.000. The summed E-state index contributed by atoms with van der Waals surface area (Å²) in [6, 6.07) is 9.60. The Labute approximate surface area is 121 Å². The van der Waals surface area contributed by atoms with E-state index in [1.807, 2.05) is 30.3 Å². The van der Waals surface area contributed by atoms with Gasteiger partial charge in [0.05, 0.1) is 6.10 Å². The Balaban J connectivity index is 2.47. The SMILES string of the molecule is CCC(CC)C(O)CNCc1ccccc1OCC#N. The first kappa shape index (κ1) is 16.5. The van der Waals surface area contributed by atoms with Crippen LogP contribution in [0.5, 0.6) is 5.75 Å². The van der Waals surface area contributed by atoms with Gasteiger partial charge < -0.3 is 15.2 Å². The second kappa shape index (κ2) is 9.35. The van der Waals surface area contributed by atoms with Crippen molar-refractivity contribution in [3.05, 3.63) is 29.8 Å². The maximum Gasteiger partial charge on any atom is 0.174 e. The van der Waals surface area contributed by atoms with Gasteiger partial charge in [0.25, 0.3) is 0 Å². The second-order valence-electron chi connectivity index (χ2n) is 4.83. The van der Waals surface area contributed by atoms with E-state index >= 15 is 0 Å². The Morgan fingerprint density at radius 3 is 2.65 bits per heavy atom. The average Bonchev–Trinajstić information content (AvgIpc) is 2.47. The molecule has 0 amide bonds. The Hall–Kier alpha value is -1.57. The Morgan fingerprint density at radius 1 is 1.30 bits per heavy atom. The zero-order valence-corrected chi connectivity index (χ0v) is 12.3. The van der Waals surface area contributed by atoms with Crippen molar-refractivity contribution in [2.75, 3.05) is 13.2 Å². The summed E-state index contributed by atoms with van der Waals surface area (Å²) < 4.78 is 5.37. The lowest BCUT2D eigenvalue weighted by Crippen LogP contribution is -2.32. The lowest BCUT2D eigenvalue weighted by atomic mass is 9.96. The number of hydrogen-bond acceptors (Lipinski definition) is 4.